The summed E-state index contributed by atoms with van der Waals surface area (Å²) < 4.78 is 7.30. The van der Waals surface area contributed by atoms with Crippen LogP contribution >= 0.6 is 0 Å². The highest BCUT2D eigenvalue weighted by molar-refractivity contribution is 5.92. The van der Waals surface area contributed by atoms with Crippen molar-refractivity contribution in [3.05, 3.63) is 46.4 Å². The van der Waals surface area contributed by atoms with Gasteiger partial charge in [0, 0.05) is 38.1 Å². The molecule has 1 aliphatic heterocycles. The van der Waals surface area contributed by atoms with Gasteiger partial charge < -0.3 is 14.6 Å². The van der Waals surface area contributed by atoms with Gasteiger partial charge in [-0.15, -0.1) is 0 Å². The molecule has 1 N–H and O–H groups in total. The maximum Gasteiger partial charge on any atom is 0.272 e. The summed E-state index contributed by atoms with van der Waals surface area (Å²) in [4.78, 5) is 32.2. The van der Waals surface area contributed by atoms with Crippen molar-refractivity contribution in [1.82, 2.24) is 24.6 Å². The third-order valence-electron chi connectivity index (χ3n) is 3.92. The first-order valence-corrected chi connectivity index (χ1v) is 7.56. The Kier molecular flexibility index (Phi) is 4.52. The minimum atomic E-state index is -0.160. The minimum absolute atomic E-state index is 0.0346. The Morgan fingerprint density at radius 2 is 2.39 bits per heavy atom. The van der Waals surface area contributed by atoms with Crippen molar-refractivity contribution in [2.75, 3.05) is 19.7 Å². The Balaban J connectivity index is 1.59. The molecule has 3 rings (SSSR count). The molecule has 1 aliphatic rings. The molecule has 0 spiro atoms. The molecule has 23 heavy (non-hydrogen) atoms. The highest BCUT2D eigenvalue weighted by Gasteiger charge is 2.26. The minimum Gasteiger partial charge on any atom is -0.375 e. The Morgan fingerprint density at radius 3 is 3.13 bits per heavy atom. The molecule has 0 unspecified atom stereocenters. The Hall–Kier alpha value is -2.48. The number of hydrogen-bond donors (Lipinski definition) is 1. The lowest BCUT2D eigenvalue weighted by Crippen LogP contribution is -2.46. The van der Waals surface area contributed by atoms with Crippen molar-refractivity contribution in [3.63, 3.8) is 0 Å². The molecule has 0 bridgehead atoms. The standard InChI is InChI=1S/C15H19N5O3/c1-19-13(4-5-18-19)15(22)20-6-7-23-12(9-20)3-2-11-8-14(21)17-10-16-11/h4-5,8,10,12H,2-3,6-7,9H2,1H3,(H,16,17,21)/t12-/m0/s1. The van der Waals surface area contributed by atoms with E-state index in [9.17, 15) is 9.59 Å². The highest BCUT2D eigenvalue weighted by Crippen LogP contribution is 2.14. The summed E-state index contributed by atoms with van der Waals surface area (Å²) in [6.45, 7) is 1.62. The molecule has 3 heterocycles. The van der Waals surface area contributed by atoms with Crippen molar-refractivity contribution in [2.45, 2.75) is 18.9 Å². The largest absolute Gasteiger partial charge is 0.375 e. The fraction of sp³-hybridized carbons (Fsp3) is 0.467. The third-order valence-corrected chi connectivity index (χ3v) is 3.92. The number of carbonyl (C=O) groups is 1. The quantitative estimate of drug-likeness (QED) is 0.855. The second-order valence-electron chi connectivity index (χ2n) is 5.53. The van der Waals surface area contributed by atoms with Crippen molar-refractivity contribution < 1.29 is 9.53 Å². The summed E-state index contributed by atoms with van der Waals surface area (Å²) in [5.74, 6) is -0.0346. The number of aromatic amines is 1. The van der Waals surface area contributed by atoms with Crippen LogP contribution in [0, 0.1) is 0 Å². The Morgan fingerprint density at radius 1 is 1.52 bits per heavy atom. The smallest absolute Gasteiger partial charge is 0.272 e. The summed E-state index contributed by atoms with van der Waals surface area (Å²) in [6, 6.07) is 3.20. The molecule has 1 saturated heterocycles. The summed E-state index contributed by atoms with van der Waals surface area (Å²) in [6.07, 6.45) is 4.32. The van der Waals surface area contributed by atoms with Crippen molar-refractivity contribution in [3.8, 4) is 0 Å². The van der Waals surface area contributed by atoms with Crippen LogP contribution in [0.5, 0.6) is 0 Å². The van der Waals surface area contributed by atoms with Gasteiger partial charge in [-0.3, -0.25) is 14.3 Å². The normalized spacial score (nSPS) is 18.1. The third kappa shape index (κ3) is 3.65. The number of morpholine rings is 1. The van der Waals surface area contributed by atoms with Gasteiger partial charge in [0.15, 0.2) is 0 Å². The molecule has 2 aromatic rings. The first-order chi connectivity index (χ1) is 11.1. The number of nitrogens with one attached hydrogen (secondary N) is 1. The van der Waals surface area contributed by atoms with Crippen LogP contribution in [0.2, 0.25) is 0 Å². The zero-order valence-corrected chi connectivity index (χ0v) is 12.9. The lowest BCUT2D eigenvalue weighted by molar-refractivity contribution is -0.0250. The molecule has 122 valence electrons. The Labute approximate surface area is 133 Å². The predicted octanol–water partition coefficient (Wildman–Crippen LogP) is -0.0228. The second-order valence-corrected chi connectivity index (χ2v) is 5.53. The first-order valence-electron chi connectivity index (χ1n) is 7.56. The van der Waals surface area contributed by atoms with E-state index in [2.05, 4.69) is 15.1 Å². The van der Waals surface area contributed by atoms with Gasteiger partial charge in [-0.2, -0.15) is 5.10 Å². The van der Waals surface area contributed by atoms with Crippen LogP contribution in [-0.4, -0.2) is 56.4 Å². The van der Waals surface area contributed by atoms with Crippen LogP contribution in [0.15, 0.2) is 29.5 Å². The average molecular weight is 317 g/mol. The average Bonchev–Trinajstić information content (AvgIpc) is 2.99. The monoisotopic (exact) mass is 317 g/mol. The summed E-state index contributed by atoms with van der Waals surface area (Å²) >= 11 is 0. The molecule has 1 atom stereocenters. The maximum atomic E-state index is 12.5. The summed E-state index contributed by atoms with van der Waals surface area (Å²) in [5.41, 5.74) is 1.14. The lowest BCUT2D eigenvalue weighted by Gasteiger charge is -2.33. The predicted molar refractivity (Wildman–Crippen MR) is 82.0 cm³/mol. The maximum absolute atomic E-state index is 12.5. The zero-order valence-electron chi connectivity index (χ0n) is 12.9. The molecule has 1 fully saturated rings. The molecular formula is C15H19N5O3. The van der Waals surface area contributed by atoms with Gasteiger partial charge in [0.1, 0.15) is 5.69 Å². The topological polar surface area (TPSA) is 93.1 Å². The number of carbonyl (C=O) groups excluding carboxylic acids is 1. The fourth-order valence-corrected chi connectivity index (χ4v) is 2.68. The molecule has 0 saturated carbocycles. The molecule has 8 nitrogen and oxygen atoms in total. The molecule has 0 radical (unpaired) electrons. The second kappa shape index (κ2) is 6.74. The van der Waals surface area contributed by atoms with E-state index >= 15 is 0 Å². The van der Waals surface area contributed by atoms with Gasteiger partial charge in [-0.05, 0) is 18.9 Å². The summed E-state index contributed by atoms with van der Waals surface area (Å²) in [5, 5.41) is 4.03. The van der Waals surface area contributed by atoms with E-state index in [-0.39, 0.29) is 17.6 Å². The van der Waals surface area contributed by atoms with Gasteiger partial charge in [-0.25, -0.2) is 4.98 Å². The molecule has 8 heteroatoms. The van der Waals surface area contributed by atoms with E-state index in [1.165, 1.54) is 12.4 Å². The number of hydrogen-bond acceptors (Lipinski definition) is 5. The van der Waals surface area contributed by atoms with Crippen LogP contribution in [0.25, 0.3) is 0 Å². The van der Waals surface area contributed by atoms with Gasteiger partial charge in [0.25, 0.3) is 11.5 Å². The van der Waals surface area contributed by atoms with E-state index in [4.69, 9.17) is 4.74 Å². The number of ether oxygens (including phenoxy) is 1. The number of rotatable bonds is 4. The number of amides is 1. The van der Waals surface area contributed by atoms with E-state index in [0.29, 0.717) is 38.2 Å². The molecule has 0 aromatic carbocycles. The van der Waals surface area contributed by atoms with Crippen LogP contribution < -0.4 is 5.56 Å². The number of H-pyrrole nitrogens is 1. The molecular weight excluding hydrogens is 298 g/mol. The van der Waals surface area contributed by atoms with Gasteiger partial charge in [0.2, 0.25) is 0 Å². The van der Waals surface area contributed by atoms with E-state index in [1.807, 2.05) is 0 Å². The zero-order chi connectivity index (χ0) is 16.2. The Bertz CT molecular complexity index is 738. The van der Waals surface area contributed by atoms with Crippen molar-refractivity contribution in [1.29, 1.82) is 0 Å². The first kappa shape index (κ1) is 15.4. The van der Waals surface area contributed by atoms with Crippen molar-refractivity contribution in [2.24, 2.45) is 7.05 Å². The van der Waals surface area contributed by atoms with Gasteiger partial charge in [0.05, 0.1) is 19.0 Å². The van der Waals surface area contributed by atoms with Gasteiger partial charge >= 0.3 is 0 Å². The van der Waals surface area contributed by atoms with Gasteiger partial charge in [-0.1, -0.05) is 0 Å². The van der Waals surface area contributed by atoms with Crippen LogP contribution in [0.3, 0.4) is 0 Å². The van der Waals surface area contributed by atoms with E-state index in [1.54, 1.807) is 28.9 Å². The molecule has 0 aliphatic carbocycles. The van der Waals surface area contributed by atoms with Crippen LogP contribution in [0.1, 0.15) is 22.6 Å². The molecule has 2 aromatic heterocycles. The SMILES string of the molecule is Cn1nccc1C(=O)N1CCO[C@@H](CCc2cc(=O)[nH]cn2)C1. The van der Waals surface area contributed by atoms with E-state index in [0.717, 1.165) is 5.69 Å². The lowest BCUT2D eigenvalue weighted by atomic mass is 10.1. The fourth-order valence-electron chi connectivity index (χ4n) is 2.68. The van der Waals surface area contributed by atoms with E-state index < -0.39 is 0 Å². The highest BCUT2D eigenvalue weighted by atomic mass is 16.5. The summed E-state index contributed by atoms with van der Waals surface area (Å²) in [7, 11) is 1.75. The number of nitrogens with zero attached hydrogens (tertiary/aromatic N) is 4. The molecule has 1 amide bonds. The van der Waals surface area contributed by atoms with Crippen LogP contribution in [-0.2, 0) is 18.2 Å². The number of aryl methyl sites for hydroxylation is 2. The van der Waals surface area contributed by atoms with Crippen LogP contribution in [0.4, 0.5) is 0 Å². The number of aromatic nitrogens is 4. The van der Waals surface area contributed by atoms with Crippen molar-refractivity contribution >= 4 is 5.91 Å².